The van der Waals surface area contributed by atoms with Gasteiger partial charge in [0, 0.05) is 47.9 Å². The molecule has 3 heterocycles. The molecule has 3 aromatic carbocycles. The normalized spacial score (nSPS) is 14.1. The molecule has 1 aliphatic heterocycles. The SMILES string of the molecule is N=C(N)c1ccc(-c2cnn3cc(-c4ccc(N5CCCCC5)cc4)cnc23)c2ccccc12. The van der Waals surface area contributed by atoms with Gasteiger partial charge in [-0.15, -0.1) is 0 Å². The first-order chi connectivity index (χ1) is 16.7. The van der Waals surface area contributed by atoms with E-state index in [0.717, 1.165) is 57.3 Å². The first-order valence-electron chi connectivity index (χ1n) is 11.7. The summed E-state index contributed by atoms with van der Waals surface area (Å²) in [6.07, 6.45) is 9.70. The minimum absolute atomic E-state index is 0.0664. The van der Waals surface area contributed by atoms with Crippen molar-refractivity contribution in [3.63, 3.8) is 0 Å². The number of rotatable bonds is 4. The lowest BCUT2D eigenvalue weighted by molar-refractivity contribution is 0.578. The van der Waals surface area contributed by atoms with E-state index in [-0.39, 0.29) is 5.84 Å². The van der Waals surface area contributed by atoms with Crippen molar-refractivity contribution in [2.45, 2.75) is 19.3 Å². The summed E-state index contributed by atoms with van der Waals surface area (Å²) in [6, 6.07) is 20.7. The number of nitrogens with one attached hydrogen (secondary N) is 1. The first kappa shape index (κ1) is 20.4. The summed E-state index contributed by atoms with van der Waals surface area (Å²) >= 11 is 0. The molecular weight excluding hydrogens is 420 g/mol. The highest BCUT2D eigenvalue weighted by molar-refractivity contribution is 6.12. The smallest absolute Gasteiger partial charge is 0.162 e. The molecular formula is C28H26N6. The van der Waals surface area contributed by atoms with Gasteiger partial charge in [0.15, 0.2) is 5.65 Å². The Kier molecular flexibility index (Phi) is 4.99. The van der Waals surface area contributed by atoms with Crippen molar-refractivity contribution in [3.8, 4) is 22.3 Å². The maximum atomic E-state index is 7.92. The van der Waals surface area contributed by atoms with Gasteiger partial charge in [0.1, 0.15) is 5.84 Å². The topological polar surface area (TPSA) is 83.3 Å². The van der Waals surface area contributed by atoms with Gasteiger partial charge in [-0.3, -0.25) is 5.41 Å². The summed E-state index contributed by atoms with van der Waals surface area (Å²) in [4.78, 5) is 7.26. The Bertz CT molecular complexity index is 1510. The van der Waals surface area contributed by atoms with Crippen LogP contribution in [-0.2, 0) is 0 Å². The van der Waals surface area contributed by atoms with E-state index in [1.807, 2.05) is 53.4 Å². The van der Waals surface area contributed by atoms with E-state index in [2.05, 4.69) is 40.3 Å². The highest BCUT2D eigenvalue weighted by atomic mass is 15.2. The summed E-state index contributed by atoms with van der Waals surface area (Å²) in [6.45, 7) is 2.29. The quantitative estimate of drug-likeness (QED) is 0.282. The van der Waals surface area contributed by atoms with Crippen LogP contribution in [0.5, 0.6) is 0 Å². The monoisotopic (exact) mass is 446 g/mol. The minimum Gasteiger partial charge on any atom is -0.384 e. The largest absolute Gasteiger partial charge is 0.384 e. The van der Waals surface area contributed by atoms with Crippen molar-refractivity contribution in [2.24, 2.45) is 5.73 Å². The Balaban J connectivity index is 1.37. The highest BCUT2D eigenvalue weighted by Gasteiger charge is 2.15. The van der Waals surface area contributed by atoms with Crippen LogP contribution in [0.2, 0.25) is 0 Å². The molecule has 0 saturated carbocycles. The average molecular weight is 447 g/mol. The number of nitrogens with zero attached hydrogens (tertiary/aromatic N) is 4. The van der Waals surface area contributed by atoms with Crippen LogP contribution in [-0.4, -0.2) is 33.5 Å². The molecule has 0 atom stereocenters. The lowest BCUT2D eigenvalue weighted by atomic mass is 9.96. The molecule has 5 aromatic rings. The zero-order chi connectivity index (χ0) is 23.1. The van der Waals surface area contributed by atoms with Crippen LogP contribution >= 0.6 is 0 Å². The van der Waals surface area contributed by atoms with Crippen molar-refractivity contribution in [3.05, 3.63) is 84.8 Å². The van der Waals surface area contributed by atoms with Crippen LogP contribution in [0.15, 0.2) is 79.3 Å². The molecule has 0 bridgehead atoms. The molecule has 2 aromatic heterocycles. The van der Waals surface area contributed by atoms with Gasteiger partial charge in [0.05, 0.1) is 6.20 Å². The fraction of sp³-hybridized carbons (Fsp3) is 0.179. The molecule has 0 spiro atoms. The number of fused-ring (bicyclic) bond motifs is 2. The molecule has 1 fully saturated rings. The molecule has 1 saturated heterocycles. The molecule has 6 nitrogen and oxygen atoms in total. The van der Waals surface area contributed by atoms with Crippen LogP contribution < -0.4 is 10.6 Å². The predicted octanol–water partition coefficient (Wildman–Crippen LogP) is 5.49. The lowest BCUT2D eigenvalue weighted by Crippen LogP contribution is -2.29. The van der Waals surface area contributed by atoms with Gasteiger partial charge < -0.3 is 10.6 Å². The number of anilines is 1. The minimum atomic E-state index is 0.0664. The van der Waals surface area contributed by atoms with Crippen LogP contribution in [0.25, 0.3) is 38.7 Å². The maximum absolute atomic E-state index is 7.92. The Morgan fingerprint density at radius 1 is 0.794 bits per heavy atom. The summed E-state index contributed by atoms with van der Waals surface area (Å²) in [5.74, 6) is 0.0664. The molecule has 0 radical (unpaired) electrons. The number of aromatic nitrogens is 3. The molecule has 168 valence electrons. The molecule has 1 aliphatic rings. The third-order valence-corrected chi connectivity index (χ3v) is 6.78. The Morgan fingerprint density at radius 3 is 2.32 bits per heavy atom. The number of hydrogen-bond donors (Lipinski definition) is 2. The number of piperidine rings is 1. The molecule has 6 rings (SSSR count). The van der Waals surface area contributed by atoms with Crippen LogP contribution in [0.4, 0.5) is 5.69 Å². The van der Waals surface area contributed by atoms with Gasteiger partial charge in [-0.2, -0.15) is 5.10 Å². The fourth-order valence-electron chi connectivity index (χ4n) is 5.00. The highest BCUT2D eigenvalue weighted by Crippen LogP contribution is 2.33. The number of hydrogen-bond acceptors (Lipinski definition) is 4. The standard InChI is InChI=1S/C28H26N6/c29-27(30)25-13-12-24(22-6-2-3-7-23(22)25)26-17-32-34-18-20(16-31-28(26)34)19-8-10-21(11-9-19)33-14-4-1-5-15-33/h2-3,6-13,16-18H,1,4-5,14-15H2,(H3,29,30). The third kappa shape index (κ3) is 3.48. The van der Waals surface area contributed by atoms with Crippen molar-refractivity contribution in [1.29, 1.82) is 5.41 Å². The van der Waals surface area contributed by atoms with Gasteiger partial charge in [0.25, 0.3) is 0 Å². The Labute approximate surface area is 198 Å². The van der Waals surface area contributed by atoms with E-state index in [4.69, 9.17) is 16.1 Å². The Hall–Kier alpha value is -4.19. The van der Waals surface area contributed by atoms with Crippen molar-refractivity contribution < 1.29 is 0 Å². The zero-order valence-corrected chi connectivity index (χ0v) is 18.9. The van der Waals surface area contributed by atoms with Crippen molar-refractivity contribution in [1.82, 2.24) is 14.6 Å². The van der Waals surface area contributed by atoms with E-state index in [0.29, 0.717) is 0 Å². The molecule has 34 heavy (non-hydrogen) atoms. The summed E-state index contributed by atoms with van der Waals surface area (Å²) in [7, 11) is 0. The second-order valence-electron chi connectivity index (χ2n) is 8.88. The summed E-state index contributed by atoms with van der Waals surface area (Å²) in [5, 5.41) is 14.5. The van der Waals surface area contributed by atoms with E-state index < -0.39 is 0 Å². The Morgan fingerprint density at radius 2 is 1.56 bits per heavy atom. The van der Waals surface area contributed by atoms with Gasteiger partial charge in [-0.1, -0.05) is 48.5 Å². The fourth-order valence-corrected chi connectivity index (χ4v) is 5.00. The van der Waals surface area contributed by atoms with Crippen LogP contribution in [0.3, 0.4) is 0 Å². The van der Waals surface area contributed by atoms with Gasteiger partial charge in [0.2, 0.25) is 0 Å². The molecule has 0 amide bonds. The van der Waals surface area contributed by atoms with Gasteiger partial charge in [-0.05, 0) is 53.3 Å². The van der Waals surface area contributed by atoms with Crippen molar-refractivity contribution >= 4 is 27.9 Å². The lowest BCUT2D eigenvalue weighted by Gasteiger charge is -2.28. The number of nitrogen functional groups attached to an aromatic ring is 1. The first-order valence-corrected chi connectivity index (χ1v) is 11.7. The van der Waals surface area contributed by atoms with E-state index in [1.165, 1.54) is 24.9 Å². The molecule has 0 unspecified atom stereocenters. The zero-order valence-electron chi connectivity index (χ0n) is 18.9. The number of benzene rings is 3. The number of amidine groups is 1. The molecule has 0 aliphatic carbocycles. The summed E-state index contributed by atoms with van der Waals surface area (Å²) < 4.78 is 1.84. The van der Waals surface area contributed by atoms with Crippen LogP contribution in [0, 0.1) is 5.41 Å². The van der Waals surface area contributed by atoms with E-state index >= 15 is 0 Å². The summed E-state index contributed by atoms with van der Waals surface area (Å²) in [5.41, 5.74) is 12.8. The van der Waals surface area contributed by atoms with E-state index in [9.17, 15) is 0 Å². The molecule has 3 N–H and O–H groups in total. The van der Waals surface area contributed by atoms with Gasteiger partial charge in [-0.25, -0.2) is 9.50 Å². The van der Waals surface area contributed by atoms with Gasteiger partial charge >= 0.3 is 0 Å². The molecule has 6 heteroatoms. The van der Waals surface area contributed by atoms with E-state index in [1.54, 1.807) is 0 Å². The second-order valence-corrected chi connectivity index (χ2v) is 8.88. The van der Waals surface area contributed by atoms with Crippen molar-refractivity contribution in [2.75, 3.05) is 18.0 Å². The average Bonchev–Trinajstić information content (AvgIpc) is 3.31. The third-order valence-electron chi connectivity index (χ3n) is 6.78. The number of nitrogens with two attached hydrogens (primary N) is 1. The van der Waals surface area contributed by atoms with Crippen LogP contribution in [0.1, 0.15) is 24.8 Å². The predicted molar refractivity (Wildman–Crippen MR) is 138 cm³/mol. The maximum Gasteiger partial charge on any atom is 0.162 e. The second kappa shape index (κ2) is 8.30.